The molecule has 2 aromatic heterocycles. The minimum Gasteiger partial charge on any atom is -0.460 e. The SMILES string of the molecule is CCOC(=O)c1ccco1.Nc1cccc2cc[nH]c12. The first-order valence-corrected chi connectivity index (χ1v) is 6.24. The molecule has 0 saturated carbocycles. The number of aromatic nitrogens is 1. The van der Waals surface area contributed by atoms with Crippen LogP contribution in [-0.4, -0.2) is 17.6 Å². The highest BCUT2D eigenvalue weighted by Gasteiger charge is 2.07. The molecular formula is C15H16N2O3. The van der Waals surface area contributed by atoms with E-state index in [1.165, 1.54) is 11.6 Å². The maximum Gasteiger partial charge on any atom is 0.374 e. The van der Waals surface area contributed by atoms with E-state index in [1.54, 1.807) is 19.1 Å². The van der Waals surface area contributed by atoms with Crippen molar-refractivity contribution in [1.82, 2.24) is 4.98 Å². The second-order valence-electron chi connectivity index (χ2n) is 3.99. The summed E-state index contributed by atoms with van der Waals surface area (Å²) in [6.07, 6.45) is 3.33. The van der Waals surface area contributed by atoms with E-state index in [9.17, 15) is 4.79 Å². The summed E-state index contributed by atoms with van der Waals surface area (Å²) >= 11 is 0. The third kappa shape index (κ3) is 3.20. The van der Waals surface area contributed by atoms with Gasteiger partial charge in [-0.15, -0.1) is 0 Å². The van der Waals surface area contributed by atoms with Gasteiger partial charge in [0.05, 0.1) is 24.1 Å². The number of ether oxygens (including phenoxy) is 1. The average molecular weight is 272 g/mol. The number of hydrogen-bond acceptors (Lipinski definition) is 4. The van der Waals surface area contributed by atoms with E-state index in [0.717, 1.165) is 11.2 Å². The second kappa shape index (κ2) is 6.47. The number of H-pyrrole nitrogens is 1. The number of esters is 1. The Kier molecular flexibility index (Phi) is 4.44. The predicted molar refractivity (Wildman–Crippen MR) is 77.4 cm³/mol. The van der Waals surface area contributed by atoms with Crippen LogP contribution in [0.1, 0.15) is 17.5 Å². The normalized spacial score (nSPS) is 9.85. The van der Waals surface area contributed by atoms with E-state index >= 15 is 0 Å². The third-order valence-electron chi connectivity index (χ3n) is 2.62. The fraction of sp³-hybridized carbons (Fsp3) is 0.133. The van der Waals surface area contributed by atoms with Gasteiger partial charge < -0.3 is 19.9 Å². The molecular weight excluding hydrogens is 256 g/mol. The largest absolute Gasteiger partial charge is 0.460 e. The summed E-state index contributed by atoms with van der Waals surface area (Å²) in [4.78, 5) is 13.9. The van der Waals surface area contributed by atoms with Gasteiger partial charge in [0.1, 0.15) is 0 Å². The first-order chi connectivity index (χ1) is 9.72. The smallest absolute Gasteiger partial charge is 0.374 e. The van der Waals surface area contributed by atoms with Crippen molar-refractivity contribution in [3.05, 3.63) is 54.6 Å². The Labute approximate surface area is 116 Å². The van der Waals surface area contributed by atoms with E-state index < -0.39 is 5.97 Å². The maximum atomic E-state index is 10.8. The fourth-order valence-corrected chi connectivity index (χ4v) is 1.71. The summed E-state index contributed by atoms with van der Waals surface area (Å²) in [5.41, 5.74) is 7.51. The number of anilines is 1. The zero-order valence-corrected chi connectivity index (χ0v) is 11.1. The molecule has 0 aliphatic carbocycles. The van der Waals surface area contributed by atoms with Crippen LogP contribution in [0.3, 0.4) is 0 Å². The first-order valence-electron chi connectivity index (χ1n) is 6.24. The zero-order chi connectivity index (χ0) is 14.4. The molecule has 3 N–H and O–H groups in total. The molecule has 0 atom stereocenters. The molecule has 104 valence electrons. The fourth-order valence-electron chi connectivity index (χ4n) is 1.71. The van der Waals surface area contributed by atoms with Crippen molar-refractivity contribution in [3.63, 3.8) is 0 Å². The number of fused-ring (bicyclic) bond motifs is 1. The maximum absolute atomic E-state index is 10.8. The lowest BCUT2D eigenvalue weighted by Gasteiger charge is -1.95. The number of rotatable bonds is 2. The van der Waals surface area contributed by atoms with Crippen LogP contribution in [0.25, 0.3) is 10.9 Å². The molecule has 0 radical (unpaired) electrons. The summed E-state index contributed by atoms with van der Waals surface area (Å²) in [5, 5.41) is 1.17. The minimum atomic E-state index is -0.410. The van der Waals surface area contributed by atoms with E-state index in [2.05, 4.69) is 9.72 Å². The van der Waals surface area contributed by atoms with E-state index in [-0.39, 0.29) is 5.76 Å². The zero-order valence-electron chi connectivity index (χ0n) is 11.1. The molecule has 0 saturated heterocycles. The number of nitrogen functional groups attached to an aromatic ring is 1. The average Bonchev–Trinajstić information content (AvgIpc) is 3.12. The van der Waals surface area contributed by atoms with Gasteiger partial charge in [0.2, 0.25) is 5.76 Å². The van der Waals surface area contributed by atoms with Gasteiger partial charge in [-0.25, -0.2) is 4.79 Å². The number of para-hydroxylation sites is 1. The van der Waals surface area contributed by atoms with Gasteiger partial charge in [-0.05, 0) is 31.2 Å². The van der Waals surface area contributed by atoms with Gasteiger partial charge in [0.15, 0.2) is 0 Å². The predicted octanol–water partition coefficient (Wildman–Crippen LogP) is 3.21. The number of aromatic amines is 1. The van der Waals surface area contributed by atoms with Crippen molar-refractivity contribution in [2.45, 2.75) is 6.92 Å². The van der Waals surface area contributed by atoms with E-state index in [0.29, 0.717) is 6.61 Å². The first kappa shape index (κ1) is 13.7. The standard InChI is InChI=1S/C8H8N2.C7H8O3/c9-7-3-1-2-6-4-5-10-8(6)7;1-2-9-7(8)6-4-3-5-10-6/h1-5,10H,9H2;3-5H,2H2,1H3. The van der Waals surface area contributed by atoms with Gasteiger partial charge in [-0.3, -0.25) is 0 Å². The van der Waals surface area contributed by atoms with E-state index in [1.807, 2.05) is 30.5 Å². The number of benzene rings is 1. The molecule has 0 fully saturated rings. The molecule has 0 amide bonds. The van der Waals surface area contributed by atoms with Crippen LogP contribution in [0.5, 0.6) is 0 Å². The molecule has 2 heterocycles. The van der Waals surface area contributed by atoms with Crippen LogP contribution in [-0.2, 0) is 4.74 Å². The molecule has 0 spiro atoms. The summed E-state index contributed by atoms with van der Waals surface area (Å²) in [5.74, 6) is -0.158. The summed E-state index contributed by atoms with van der Waals surface area (Å²) in [6.45, 7) is 2.13. The number of carbonyl (C=O) groups excluding carboxylic acids is 1. The Morgan fingerprint density at radius 2 is 2.15 bits per heavy atom. The van der Waals surface area contributed by atoms with E-state index in [4.69, 9.17) is 10.2 Å². The number of hydrogen-bond donors (Lipinski definition) is 2. The number of nitrogens with one attached hydrogen (secondary N) is 1. The summed E-state index contributed by atoms with van der Waals surface area (Å²) < 4.78 is 9.43. The van der Waals surface area contributed by atoms with Crippen LogP contribution in [0.15, 0.2) is 53.3 Å². The molecule has 0 bridgehead atoms. The Morgan fingerprint density at radius 1 is 1.30 bits per heavy atom. The van der Waals surface area contributed by atoms with Crippen LogP contribution in [0, 0.1) is 0 Å². The van der Waals surface area contributed by atoms with Gasteiger partial charge >= 0.3 is 5.97 Å². The monoisotopic (exact) mass is 272 g/mol. The minimum absolute atomic E-state index is 0.252. The van der Waals surface area contributed by atoms with Gasteiger partial charge in [-0.1, -0.05) is 12.1 Å². The molecule has 1 aromatic carbocycles. The number of carbonyl (C=O) groups is 1. The molecule has 5 nitrogen and oxygen atoms in total. The Hall–Kier alpha value is -2.69. The molecule has 0 aliphatic heterocycles. The second-order valence-corrected chi connectivity index (χ2v) is 3.99. The lowest BCUT2D eigenvalue weighted by atomic mass is 10.2. The van der Waals surface area contributed by atoms with Crippen molar-refractivity contribution in [2.75, 3.05) is 12.3 Å². The van der Waals surface area contributed by atoms with Crippen molar-refractivity contribution >= 4 is 22.6 Å². The summed E-state index contributed by atoms with van der Waals surface area (Å²) in [7, 11) is 0. The number of nitrogens with two attached hydrogens (primary N) is 1. The van der Waals surface area contributed by atoms with Gasteiger partial charge in [-0.2, -0.15) is 0 Å². The third-order valence-corrected chi connectivity index (χ3v) is 2.62. The Morgan fingerprint density at radius 3 is 2.80 bits per heavy atom. The molecule has 0 aliphatic rings. The lowest BCUT2D eigenvalue weighted by Crippen LogP contribution is -2.02. The molecule has 0 unspecified atom stereocenters. The van der Waals surface area contributed by atoms with Crippen LogP contribution in [0.2, 0.25) is 0 Å². The summed E-state index contributed by atoms with van der Waals surface area (Å²) in [6, 6.07) is 11.1. The van der Waals surface area contributed by atoms with Crippen molar-refractivity contribution < 1.29 is 13.9 Å². The molecule has 3 aromatic rings. The lowest BCUT2D eigenvalue weighted by molar-refractivity contribution is 0.0490. The highest BCUT2D eigenvalue weighted by molar-refractivity contribution is 5.89. The van der Waals surface area contributed by atoms with Crippen LogP contribution in [0.4, 0.5) is 5.69 Å². The topological polar surface area (TPSA) is 81.2 Å². The van der Waals surface area contributed by atoms with Crippen LogP contribution < -0.4 is 5.73 Å². The highest BCUT2D eigenvalue weighted by Crippen LogP contribution is 2.17. The Bertz CT molecular complexity index is 671. The molecule has 20 heavy (non-hydrogen) atoms. The van der Waals surface area contributed by atoms with Crippen molar-refractivity contribution in [3.8, 4) is 0 Å². The van der Waals surface area contributed by atoms with Crippen LogP contribution >= 0.6 is 0 Å². The van der Waals surface area contributed by atoms with Crippen molar-refractivity contribution in [2.24, 2.45) is 0 Å². The van der Waals surface area contributed by atoms with Crippen molar-refractivity contribution in [1.29, 1.82) is 0 Å². The Balaban J connectivity index is 0.000000147. The number of furan rings is 1. The van der Waals surface area contributed by atoms with Gasteiger partial charge in [0.25, 0.3) is 0 Å². The van der Waals surface area contributed by atoms with Gasteiger partial charge in [0, 0.05) is 11.6 Å². The molecule has 5 heteroatoms. The highest BCUT2D eigenvalue weighted by atomic mass is 16.5. The molecule has 3 rings (SSSR count). The quantitative estimate of drug-likeness (QED) is 0.554.